The Bertz CT molecular complexity index is 729. The maximum absolute atomic E-state index is 12.4. The molecule has 1 aliphatic rings. The van der Waals surface area contributed by atoms with Gasteiger partial charge >= 0.3 is 0 Å². The molecule has 0 spiro atoms. The first-order valence-electron chi connectivity index (χ1n) is 7.15. The Morgan fingerprint density at radius 3 is 2.18 bits per heavy atom. The lowest BCUT2D eigenvalue weighted by Crippen LogP contribution is -2.02. The van der Waals surface area contributed by atoms with Gasteiger partial charge in [0.2, 0.25) is 0 Å². The summed E-state index contributed by atoms with van der Waals surface area (Å²) in [6.07, 6.45) is 7.11. The Balaban J connectivity index is 1.99. The van der Waals surface area contributed by atoms with Crippen LogP contribution in [0.2, 0.25) is 0 Å². The highest BCUT2D eigenvalue weighted by atomic mass is 16.5. The van der Waals surface area contributed by atoms with Crippen molar-refractivity contribution < 1.29 is 14.3 Å². The molecule has 22 heavy (non-hydrogen) atoms. The van der Waals surface area contributed by atoms with Crippen LogP contribution in [0, 0.1) is 0 Å². The van der Waals surface area contributed by atoms with Crippen LogP contribution in [0.15, 0.2) is 66.8 Å². The Morgan fingerprint density at radius 2 is 1.36 bits per heavy atom. The van der Waals surface area contributed by atoms with E-state index in [2.05, 4.69) is 0 Å². The fourth-order valence-electron chi connectivity index (χ4n) is 2.21. The molecule has 3 rings (SSSR count). The normalized spacial score (nSPS) is 17.4. The van der Waals surface area contributed by atoms with E-state index in [0.29, 0.717) is 24.5 Å². The van der Waals surface area contributed by atoms with E-state index in [-0.39, 0.29) is 5.78 Å². The number of para-hydroxylation sites is 2. The average Bonchev–Trinajstić information content (AvgIpc) is 2.57. The molecule has 1 heterocycles. The van der Waals surface area contributed by atoms with Gasteiger partial charge in [0, 0.05) is 5.56 Å². The average molecular weight is 292 g/mol. The standard InChI is InChI=1S/C19H16O3/c20-17-12-11-15-7-1-3-9-18(15)21-13-5-6-14-22-19-10-4-2-8-16(17)19/h1-12H,13-14H2/b6-5+,12-11+. The van der Waals surface area contributed by atoms with Gasteiger partial charge in [-0.2, -0.15) is 0 Å². The second kappa shape index (κ2) is 6.76. The zero-order valence-electron chi connectivity index (χ0n) is 12.1. The van der Waals surface area contributed by atoms with Crippen molar-refractivity contribution in [2.75, 3.05) is 13.2 Å². The lowest BCUT2D eigenvalue weighted by Gasteiger charge is -2.07. The minimum absolute atomic E-state index is 0.0892. The summed E-state index contributed by atoms with van der Waals surface area (Å²) >= 11 is 0. The Morgan fingerprint density at radius 1 is 0.727 bits per heavy atom. The number of hydrogen-bond acceptors (Lipinski definition) is 3. The number of allylic oxidation sites excluding steroid dienone is 1. The summed E-state index contributed by atoms with van der Waals surface area (Å²) in [5, 5.41) is 0. The third kappa shape index (κ3) is 3.26. The topological polar surface area (TPSA) is 35.5 Å². The van der Waals surface area contributed by atoms with Gasteiger partial charge in [0.1, 0.15) is 24.7 Å². The number of ether oxygens (including phenoxy) is 2. The molecule has 0 bridgehead atoms. The zero-order chi connectivity index (χ0) is 15.2. The smallest absolute Gasteiger partial charge is 0.189 e. The first-order chi connectivity index (χ1) is 10.8. The molecule has 0 saturated heterocycles. The second-order valence-electron chi connectivity index (χ2n) is 4.82. The van der Waals surface area contributed by atoms with Crippen LogP contribution in [0.4, 0.5) is 0 Å². The maximum Gasteiger partial charge on any atom is 0.189 e. The quantitative estimate of drug-likeness (QED) is 0.691. The SMILES string of the molecule is O=C1/C=C/c2ccccc2OC/C=C/COc2ccccc21. The summed E-state index contributed by atoms with van der Waals surface area (Å²) in [4.78, 5) is 12.4. The first kappa shape index (κ1) is 14.1. The maximum atomic E-state index is 12.4. The molecule has 0 unspecified atom stereocenters. The molecule has 0 amide bonds. The Kier molecular flexibility index (Phi) is 4.35. The molecule has 110 valence electrons. The van der Waals surface area contributed by atoms with Crippen molar-refractivity contribution in [2.24, 2.45) is 0 Å². The number of fused-ring (bicyclic) bond motifs is 2. The molecule has 0 atom stereocenters. The minimum atomic E-state index is -0.0892. The van der Waals surface area contributed by atoms with Crippen LogP contribution in [-0.2, 0) is 0 Å². The summed E-state index contributed by atoms with van der Waals surface area (Å²) in [5.41, 5.74) is 1.44. The van der Waals surface area contributed by atoms with E-state index in [9.17, 15) is 4.79 Å². The van der Waals surface area contributed by atoms with Gasteiger partial charge < -0.3 is 9.47 Å². The molecule has 2 aromatic carbocycles. The van der Waals surface area contributed by atoms with Gasteiger partial charge in [0.05, 0.1) is 5.56 Å². The van der Waals surface area contributed by atoms with Crippen molar-refractivity contribution in [1.82, 2.24) is 0 Å². The van der Waals surface area contributed by atoms with Gasteiger partial charge in [-0.05, 0) is 42.5 Å². The largest absolute Gasteiger partial charge is 0.489 e. The van der Waals surface area contributed by atoms with Crippen molar-refractivity contribution in [3.63, 3.8) is 0 Å². The number of rotatable bonds is 0. The number of ketones is 1. The van der Waals surface area contributed by atoms with Crippen molar-refractivity contribution in [2.45, 2.75) is 0 Å². The molecule has 0 saturated carbocycles. The molecule has 0 fully saturated rings. The van der Waals surface area contributed by atoms with Crippen LogP contribution >= 0.6 is 0 Å². The van der Waals surface area contributed by atoms with Crippen molar-refractivity contribution in [1.29, 1.82) is 0 Å². The van der Waals surface area contributed by atoms with E-state index in [4.69, 9.17) is 9.47 Å². The summed E-state index contributed by atoms with van der Waals surface area (Å²) in [6, 6.07) is 14.9. The Hall–Kier alpha value is -2.81. The highest BCUT2D eigenvalue weighted by molar-refractivity contribution is 6.08. The third-order valence-corrected chi connectivity index (χ3v) is 3.32. The molecular weight excluding hydrogens is 276 g/mol. The molecule has 0 N–H and O–H groups in total. The number of hydrogen-bond donors (Lipinski definition) is 0. The van der Waals surface area contributed by atoms with E-state index in [1.165, 1.54) is 0 Å². The van der Waals surface area contributed by atoms with E-state index in [1.54, 1.807) is 24.3 Å². The highest BCUT2D eigenvalue weighted by Crippen LogP contribution is 2.22. The third-order valence-electron chi connectivity index (χ3n) is 3.32. The molecule has 3 heteroatoms. The zero-order valence-corrected chi connectivity index (χ0v) is 12.1. The molecule has 3 nitrogen and oxygen atoms in total. The number of carbonyl (C=O) groups excluding carboxylic acids is 1. The van der Waals surface area contributed by atoms with Crippen LogP contribution in [0.25, 0.3) is 6.08 Å². The van der Waals surface area contributed by atoms with Crippen molar-refractivity contribution in [3.8, 4) is 11.5 Å². The predicted molar refractivity (Wildman–Crippen MR) is 86.4 cm³/mol. The monoisotopic (exact) mass is 292 g/mol. The summed E-state index contributed by atoms with van der Waals surface area (Å²) in [6.45, 7) is 0.864. The van der Waals surface area contributed by atoms with Gasteiger partial charge in [0.25, 0.3) is 0 Å². The van der Waals surface area contributed by atoms with E-state index >= 15 is 0 Å². The molecule has 2 aromatic rings. The van der Waals surface area contributed by atoms with E-state index < -0.39 is 0 Å². The van der Waals surface area contributed by atoms with Crippen LogP contribution in [0.1, 0.15) is 15.9 Å². The molecule has 0 radical (unpaired) electrons. The highest BCUT2D eigenvalue weighted by Gasteiger charge is 2.09. The lowest BCUT2D eigenvalue weighted by atomic mass is 10.1. The second-order valence-corrected chi connectivity index (χ2v) is 4.82. The van der Waals surface area contributed by atoms with Gasteiger partial charge in [-0.15, -0.1) is 0 Å². The number of carbonyl (C=O) groups is 1. The summed E-state index contributed by atoms with van der Waals surface area (Å²) in [7, 11) is 0. The van der Waals surface area contributed by atoms with E-state index in [1.807, 2.05) is 48.6 Å². The minimum Gasteiger partial charge on any atom is -0.489 e. The van der Waals surface area contributed by atoms with Crippen LogP contribution in [0.3, 0.4) is 0 Å². The lowest BCUT2D eigenvalue weighted by molar-refractivity contribution is 0.104. The summed E-state index contributed by atoms with van der Waals surface area (Å²) < 4.78 is 11.4. The molecule has 1 aliphatic heterocycles. The van der Waals surface area contributed by atoms with Crippen molar-refractivity contribution in [3.05, 3.63) is 77.9 Å². The van der Waals surface area contributed by atoms with E-state index in [0.717, 1.165) is 11.3 Å². The van der Waals surface area contributed by atoms with Crippen LogP contribution in [0.5, 0.6) is 11.5 Å². The van der Waals surface area contributed by atoms with Gasteiger partial charge in [-0.25, -0.2) is 0 Å². The fraction of sp³-hybridized carbons (Fsp3) is 0.105. The van der Waals surface area contributed by atoms with Crippen LogP contribution < -0.4 is 9.47 Å². The van der Waals surface area contributed by atoms with Crippen molar-refractivity contribution >= 4 is 11.9 Å². The molecular formula is C19H16O3. The molecule has 0 aliphatic carbocycles. The van der Waals surface area contributed by atoms with Crippen LogP contribution in [-0.4, -0.2) is 19.0 Å². The summed E-state index contributed by atoms with van der Waals surface area (Å²) in [5.74, 6) is 1.26. The van der Waals surface area contributed by atoms with Gasteiger partial charge in [0.15, 0.2) is 5.78 Å². The Labute approximate surface area is 129 Å². The molecule has 0 aromatic heterocycles. The predicted octanol–water partition coefficient (Wildman–Crippen LogP) is 3.91. The van der Waals surface area contributed by atoms with Gasteiger partial charge in [-0.3, -0.25) is 4.79 Å². The number of benzene rings is 2. The van der Waals surface area contributed by atoms with Gasteiger partial charge in [-0.1, -0.05) is 30.3 Å². The fourth-order valence-corrected chi connectivity index (χ4v) is 2.21. The first-order valence-corrected chi connectivity index (χ1v) is 7.15.